The number of hydrogen-bond donors (Lipinski definition) is 1. The summed E-state index contributed by atoms with van der Waals surface area (Å²) >= 11 is 0. The fraction of sp³-hybridized carbons (Fsp3) is 0.636. The van der Waals surface area contributed by atoms with Crippen LogP contribution in [0, 0.1) is 0 Å². The summed E-state index contributed by atoms with van der Waals surface area (Å²) in [4.78, 5) is 23.9. The summed E-state index contributed by atoms with van der Waals surface area (Å²) in [7, 11) is 0. The Morgan fingerprint density at radius 1 is 1.56 bits per heavy atom. The maximum atomic E-state index is 11.2. The van der Waals surface area contributed by atoms with Crippen LogP contribution in [0.15, 0.2) is 11.8 Å². The molecule has 1 aliphatic heterocycles. The standard InChI is InChI=1S/C11H17NO4/c1-3-16-10(13)7-8(2)12-6-4-5-9(12)11(14)15/h7,9H,3-6H2,1-2H3,(H,14,15)/t9-/m0/s1. The topological polar surface area (TPSA) is 66.8 Å². The van der Waals surface area contributed by atoms with Crippen LogP contribution in [0.1, 0.15) is 26.7 Å². The molecule has 1 saturated heterocycles. The molecule has 0 saturated carbocycles. The Kier molecular flexibility index (Phi) is 4.34. The smallest absolute Gasteiger partial charge is 0.332 e. The molecule has 0 spiro atoms. The molecule has 0 radical (unpaired) electrons. The van der Waals surface area contributed by atoms with Gasteiger partial charge in [0.25, 0.3) is 0 Å². The number of esters is 1. The van der Waals surface area contributed by atoms with E-state index in [9.17, 15) is 9.59 Å². The van der Waals surface area contributed by atoms with E-state index < -0.39 is 18.0 Å². The predicted molar refractivity (Wildman–Crippen MR) is 57.8 cm³/mol. The first-order chi connectivity index (χ1) is 7.56. The molecule has 5 heteroatoms. The minimum absolute atomic E-state index is 0.324. The zero-order valence-corrected chi connectivity index (χ0v) is 9.60. The molecule has 1 N–H and O–H groups in total. The summed E-state index contributed by atoms with van der Waals surface area (Å²) in [6, 6.07) is -0.509. The van der Waals surface area contributed by atoms with Crippen molar-refractivity contribution in [2.75, 3.05) is 13.2 Å². The Balaban J connectivity index is 2.68. The quantitative estimate of drug-likeness (QED) is 0.573. The van der Waals surface area contributed by atoms with Crippen LogP contribution in [0.5, 0.6) is 0 Å². The Bertz CT molecular complexity index is 311. The zero-order valence-electron chi connectivity index (χ0n) is 9.60. The molecule has 90 valence electrons. The number of rotatable bonds is 4. The van der Waals surface area contributed by atoms with Crippen LogP contribution in [0.2, 0.25) is 0 Å². The summed E-state index contributed by atoms with van der Waals surface area (Å²) in [6.07, 6.45) is 2.82. The number of hydrogen-bond acceptors (Lipinski definition) is 4. The van der Waals surface area contributed by atoms with Crippen molar-refractivity contribution in [3.8, 4) is 0 Å². The molecule has 0 aliphatic carbocycles. The molecule has 1 aliphatic rings. The normalized spacial score (nSPS) is 21.0. The third-order valence-electron chi connectivity index (χ3n) is 2.60. The van der Waals surface area contributed by atoms with E-state index in [0.29, 0.717) is 25.3 Å². The summed E-state index contributed by atoms with van der Waals surface area (Å²) in [5.41, 5.74) is 0.656. The fourth-order valence-electron chi connectivity index (χ4n) is 1.88. The van der Waals surface area contributed by atoms with Gasteiger partial charge in [-0.2, -0.15) is 0 Å². The predicted octanol–water partition coefficient (Wildman–Crippen LogP) is 1.00. The second-order valence-electron chi connectivity index (χ2n) is 3.73. The number of likely N-dealkylation sites (tertiary alicyclic amines) is 1. The van der Waals surface area contributed by atoms with Gasteiger partial charge in [0.2, 0.25) is 0 Å². The van der Waals surface area contributed by atoms with Gasteiger partial charge in [-0.05, 0) is 26.7 Å². The van der Waals surface area contributed by atoms with Crippen molar-refractivity contribution < 1.29 is 19.4 Å². The summed E-state index contributed by atoms with van der Waals surface area (Å²) in [6.45, 7) is 4.47. The van der Waals surface area contributed by atoms with E-state index in [1.54, 1.807) is 18.7 Å². The molecule has 1 fully saturated rings. The fourth-order valence-corrected chi connectivity index (χ4v) is 1.88. The molecule has 0 aromatic rings. The third kappa shape index (κ3) is 2.98. The Morgan fingerprint density at radius 2 is 2.25 bits per heavy atom. The van der Waals surface area contributed by atoms with Gasteiger partial charge in [0.05, 0.1) is 6.61 Å². The lowest BCUT2D eigenvalue weighted by atomic mass is 10.2. The lowest BCUT2D eigenvalue weighted by molar-refractivity contribution is -0.142. The van der Waals surface area contributed by atoms with E-state index in [0.717, 1.165) is 6.42 Å². The molecule has 1 atom stereocenters. The highest BCUT2D eigenvalue weighted by atomic mass is 16.5. The van der Waals surface area contributed by atoms with Crippen LogP contribution < -0.4 is 0 Å². The van der Waals surface area contributed by atoms with Crippen molar-refractivity contribution in [3.05, 3.63) is 11.8 Å². The van der Waals surface area contributed by atoms with E-state index in [2.05, 4.69) is 0 Å². The molecular weight excluding hydrogens is 210 g/mol. The Morgan fingerprint density at radius 3 is 2.81 bits per heavy atom. The highest BCUT2D eigenvalue weighted by Crippen LogP contribution is 2.22. The minimum Gasteiger partial charge on any atom is -0.480 e. The van der Waals surface area contributed by atoms with Crippen molar-refractivity contribution >= 4 is 11.9 Å². The average molecular weight is 227 g/mol. The number of carboxylic acid groups (broad SMARTS) is 1. The Hall–Kier alpha value is -1.52. The first-order valence-electron chi connectivity index (χ1n) is 5.40. The number of aliphatic carboxylic acids is 1. The van der Waals surface area contributed by atoms with E-state index in [1.807, 2.05) is 0 Å². The number of carbonyl (C=O) groups excluding carboxylic acids is 1. The molecule has 1 rings (SSSR count). The molecule has 0 amide bonds. The number of ether oxygens (including phenoxy) is 1. The number of allylic oxidation sites excluding steroid dienone is 1. The minimum atomic E-state index is -0.839. The van der Waals surface area contributed by atoms with E-state index in [1.165, 1.54) is 6.08 Å². The molecule has 16 heavy (non-hydrogen) atoms. The number of nitrogens with zero attached hydrogens (tertiary/aromatic N) is 1. The van der Waals surface area contributed by atoms with Gasteiger partial charge in [0.15, 0.2) is 0 Å². The van der Waals surface area contributed by atoms with Gasteiger partial charge in [-0.25, -0.2) is 9.59 Å². The lowest BCUT2D eigenvalue weighted by Gasteiger charge is -2.23. The van der Waals surface area contributed by atoms with Crippen molar-refractivity contribution in [3.63, 3.8) is 0 Å². The van der Waals surface area contributed by atoms with Gasteiger partial charge in [0, 0.05) is 18.3 Å². The van der Waals surface area contributed by atoms with Crippen molar-refractivity contribution in [1.29, 1.82) is 0 Å². The second kappa shape index (κ2) is 5.53. The van der Waals surface area contributed by atoms with Gasteiger partial charge in [0.1, 0.15) is 6.04 Å². The molecule has 0 bridgehead atoms. The van der Waals surface area contributed by atoms with Crippen LogP contribution in [0.4, 0.5) is 0 Å². The van der Waals surface area contributed by atoms with Crippen molar-refractivity contribution in [2.45, 2.75) is 32.7 Å². The summed E-state index contributed by atoms with van der Waals surface area (Å²) < 4.78 is 4.78. The third-order valence-corrected chi connectivity index (χ3v) is 2.60. The SMILES string of the molecule is CCOC(=O)C=C(C)N1CCC[C@H]1C(=O)O. The van der Waals surface area contributed by atoms with Crippen LogP contribution in [0.25, 0.3) is 0 Å². The van der Waals surface area contributed by atoms with Crippen molar-refractivity contribution in [1.82, 2.24) is 4.90 Å². The zero-order chi connectivity index (χ0) is 12.1. The number of carboxylic acids is 1. The van der Waals surface area contributed by atoms with E-state index in [-0.39, 0.29) is 0 Å². The largest absolute Gasteiger partial charge is 0.480 e. The second-order valence-corrected chi connectivity index (χ2v) is 3.73. The van der Waals surface area contributed by atoms with Gasteiger partial charge in [-0.3, -0.25) is 0 Å². The van der Waals surface area contributed by atoms with Gasteiger partial charge < -0.3 is 14.7 Å². The van der Waals surface area contributed by atoms with Crippen molar-refractivity contribution in [2.24, 2.45) is 0 Å². The molecule has 1 heterocycles. The van der Waals surface area contributed by atoms with Crippen LogP contribution in [-0.4, -0.2) is 41.1 Å². The highest BCUT2D eigenvalue weighted by molar-refractivity contribution is 5.83. The van der Waals surface area contributed by atoms with Gasteiger partial charge in [-0.1, -0.05) is 0 Å². The first-order valence-corrected chi connectivity index (χ1v) is 5.40. The first kappa shape index (κ1) is 12.5. The highest BCUT2D eigenvalue weighted by Gasteiger charge is 2.30. The monoisotopic (exact) mass is 227 g/mol. The molecule has 0 aromatic carbocycles. The lowest BCUT2D eigenvalue weighted by Crippen LogP contribution is -2.34. The van der Waals surface area contributed by atoms with Crippen LogP contribution >= 0.6 is 0 Å². The average Bonchev–Trinajstić information content (AvgIpc) is 2.65. The molecule has 0 unspecified atom stereocenters. The summed E-state index contributed by atoms with van der Waals surface area (Å²) in [5, 5.41) is 8.98. The van der Waals surface area contributed by atoms with Crippen LogP contribution in [-0.2, 0) is 14.3 Å². The molecule has 0 aromatic heterocycles. The van der Waals surface area contributed by atoms with Gasteiger partial charge in [-0.15, -0.1) is 0 Å². The maximum absolute atomic E-state index is 11.2. The summed E-state index contributed by atoms with van der Waals surface area (Å²) in [5.74, 6) is -1.26. The molecule has 5 nitrogen and oxygen atoms in total. The van der Waals surface area contributed by atoms with E-state index >= 15 is 0 Å². The van der Waals surface area contributed by atoms with E-state index in [4.69, 9.17) is 9.84 Å². The maximum Gasteiger partial charge on any atom is 0.332 e. The van der Waals surface area contributed by atoms with Crippen LogP contribution in [0.3, 0.4) is 0 Å². The number of carbonyl (C=O) groups is 2. The molecular formula is C11H17NO4. The Labute approximate surface area is 94.7 Å². The van der Waals surface area contributed by atoms with Gasteiger partial charge >= 0.3 is 11.9 Å².